The van der Waals surface area contributed by atoms with Crippen molar-refractivity contribution in [3.05, 3.63) is 29.0 Å². The molecule has 2 rings (SSSR count). The molecule has 1 aromatic heterocycles. The Morgan fingerprint density at radius 2 is 2.18 bits per heavy atom. The van der Waals surface area contributed by atoms with Gasteiger partial charge in [0.1, 0.15) is 5.15 Å². The summed E-state index contributed by atoms with van der Waals surface area (Å²) in [7, 11) is 0. The maximum Gasteiger partial charge on any atom is 0.129 e. The summed E-state index contributed by atoms with van der Waals surface area (Å²) in [5.74, 6) is 0.831. The lowest BCUT2D eigenvalue weighted by molar-refractivity contribution is 0.173. The van der Waals surface area contributed by atoms with Crippen LogP contribution in [-0.4, -0.2) is 29.5 Å². The molecule has 1 aromatic rings. The molecule has 0 atom stereocenters. The molecule has 0 aromatic carbocycles. The number of hydrogen-bond acceptors (Lipinski definition) is 3. The second-order valence-electron chi connectivity index (χ2n) is 4.78. The van der Waals surface area contributed by atoms with Crippen molar-refractivity contribution in [1.29, 1.82) is 0 Å². The van der Waals surface area contributed by atoms with Gasteiger partial charge in [0.05, 0.1) is 0 Å². The van der Waals surface area contributed by atoms with Gasteiger partial charge in [-0.25, -0.2) is 4.98 Å². The fourth-order valence-electron chi connectivity index (χ4n) is 2.47. The van der Waals surface area contributed by atoms with Crippen molar-refractivity contribution in [2.45, 2.75) is 25.8 Å². The molecule has 0 unspecified atom stereocenters. The van der Waals surface area contributed by atoms with Gasteiger partial charge < -0.3 is 5.73 Å². The van der Waals surface area contributed by atoms with Gasteiger partial charge in [-0.3, -0.25) is 4.90 Å². The minimum Gasteiger partial charge on any atom is -0.330 e. The van der Waals surface area contributed by atoms with Gasteiger partial charge in [-0.15, -0.1) is 0 Å². The first-order valence-corrected chi connectivity index (χ1v) is 6.68. The zero-order valence-electron chi connectivity index (χ0n) is 10.1. The van der Waals surface area contributed by atoms with Crippen LogP contribution in [0.5, 0.6) is 0 Å². The highest BCUT2D eigenvalue weighted by molar-refractivity contribution is 6.29. The normalized spacial score (nSPS) is 18.5. The van der Waals surface area contributed by atoms with Gasteiger partial charge >= 0.3 is 0 Å². The number of aromatic nitrogens is 1. The third-order valence-corrected chi connectivity index (χ3v) is 3.69. The van der Waals surface area contributed by atoms with E-state index in [-0.39, 0.29) is 0 Å². The van der Waals surface area contributed by atoms with Gasteiger partial charge in [-0.05, 0) is 62.5 Å². The highest BCUT2D eigenvalue weighted by atomic mass is 35.5. The maximum absolute atomic E-state index is 5.88. The van der Waals surface area contributed by atoms with Crippen LogP contribution in [0.3, 0.4) is 0 Å². The molecule has 2 N–H and O–H groups in total. The summed E-state index contributed by atoms with van der Waals surface area (Å²) in [6, 6.07) is 3.99. The van der Waals surface area contributed by atoms with Crippen LogP contribution in [-0.2, 0) is 6.54 Å². The van der Waals surface area contributed by atoms with Gasteiger partial charge in [0.15, 0.2) is 0 Å². The Balaban J connectivity index is 1.82. The van der Waals surface area contributed by atoms with Crippen LogP contribution in [0.2, 0.25) is 5.15 Å². The SMILES string of the molecule is NCCC1CCN(Cc2ccnc(Cl)c2)CC1. The predicted molar refractivity (Wildman–Crippen MR) is 70.9 cm³/mol. The van der Waals surface area contributed by atoms with Crippen LogP contribution in [0.1, 0.15) is 24.8 Å². The first-order valence-electron chi connectivity index (χ1n) is 6.31. The summed E-state index contributed by atoms with van der Waals surface area (Å²) >= 11 is 5.88. The van der Waals surface area contributed by atoms with E-state index in [0.717, 1.165) is 19.0 Å². The average Bonchev–Trinajstić information content (AvgIpc) is 2.32. The minimum absolute atomic E-state index is 0.584. The van der Waals surface area contributed by atoms with Gasteiger partial charge in [-0.2, -0.15) is 0 Å². The van der Waals surface area contributed by atoms with Crippen molar-refractivity contribution in [2.24, 2.45) is 11.7 Å². The highest BCUT2D eigenvalue weighted by Crippen LogP contribution is 2.21. The number of pyridine rings is 1. The molecule has 0 saturated carbocycles. The smallest absolute Gasteiger partial charge is 0.129 e. The van der Waals surface area contributed by atoms with Crippen molar-refractivity contribution in [2.75, 3.05) is 19.6 Å². The standard InChI is InChI=1S/C13H20ClN3/c14-13-9-12(2-6-16-13)10-17-7-3-11(1-5-15)4-8-17/h2,6,9,11H,1,3-5,7-8,10,15H2. The Kier molecular flexibility index (Phi) is 4.77. The second-order valence-corrected chi connectivity index (χ2v) is 5.17. The Labute approximate surface area is 108 Å². The highest BCUT2D eigenvalue weighted by Gasteiger charge is 2.18. The lowest BCUT2D eigenvalue weighted by Crippen LogP contribution is -2.33. The second kappa shape index (κ2) is 6.34. The number of likely N-dealkylation sites (tertiary alicyclic amines) is 1. The monoisotopic (exact) mass is 253 g/mol. The van der Waals surface area contributed by atoms with Crippen molar-refractivity contribution in [1.82, 2.24) is 9.88 Å². The van der Waals surface area contributed by atoms with E-state index in [4.69, 9.17) is 17.3 Å². The molecule has 2 heterocycles. The summed E-state index contributed by atoms with van der Waals surface area (Å²) in [6.45, 7) is 4.15. The van der Waals surface area contributed by atoms with Crippen LogP contribution in [0.25, 0.3) is 0 Å². The number of rotatable bonds is 4. The number of hydrogen-bond donors (Lipinski definition) is 1. The minimum atomic E-state index is 0.584. The van der Waals surface area contributed by atoms with E-state index in [1.807, 2.05) is 12.1 Å². The van der Waals surface area contributed by atoms with Gasteiger partial charge in [0.2, 0.25) is 0 Å². The van der Waals surface area contributed by atoms with Gasteiger partial charge in [0.25, 0.3) is 0 Å². The Hall–Kier alpha value is -0.640. The van der Waals surface area contributed by atoms with E-state index >= 15 is 0 Å². The van der Waals surface area contributed by atoms with Crippen LogP contribution in [0, 0.1) is 5.92 Å². The first kappa shape index (κ1) is 12.8. The summed E-state index contributed by atoms with van der Waals surface area (Å²) in [6.07, 6.45) is 5.50. The third kappa shape index (κ3) is 3.95. The summed E-state index contributed by atoms with van der Waals surface area (Å²) in [5, 5.41) is 0.584. The molecule has 1 saturated heterocycles. The molecule has 3 nitrogen and oxygen atoms in total. The first-order chi connectivity index (χ1) is 8.28. The zero-order chi connectivity index (χ0) is 12.1. The van der Waals surface area contributed by atoms with Gasteiger partial charge in [-0.1, -0.05) is 11.6 Å². The van der Waals surface area contributed by atoms with Crippen LogP contribution >= 0.6 is 11.6 Å². The quantitative estimate of drug-likeness (QED) is 0.838. The third-order valence-electron chi connectivity index (χ3n) is 3.48. The molecule has 0 bridgehead atoms. The van der Waals surface area contributed by atoms with E-state index in [9.17, 15) is 0 Å². The molecular weight excluding hydrogens is 234 g/mol. The van der Waals surface area contributed by atoms with E-state index in [2.05, 4.69) is 9.88 Å². The molecule has 4 heteroatoms. The number of nitrogens with zero attached hydrogens (tertiary/aromatic N) is 2. The van der Waals surface area contributed by atoms with E-state index in [1.165, 1.54) is 37.9 Å². The zero-order valence-corrected chi connectivity index (χ0v) is 10.9. The largest absolute Gasteiger partial charge is 0.330 e. The summed E-state index contributed by atoms with van der Waals surface area (Å²) in [4.78, 5) is 6.49. The van der Waals surface area contributed by atoms with Crippen molar-refractivity contribution < 1.29 is 0 Å². The molecule has 0 spiro atoms. The van der Waals surface area contributed by atoms with E-state index < -0.39 is 0 Å². The molecule has 94 valence electrons. The number of piperidine rings is 1. The summed E-state index contributed by atoms with van der Waals surface area (Å²) < 4.78 is 0. The molecule has 1 fully saturated rings. The van der Waals surface area contributed by atoms with Crippen LogP contribution in [0.4, 0.5) is 0 Å². The molecular formula is C13H20ClN3. The number of halogens is 1. The number of nitrogens with two attached hydrogens (primary N) is 1. The lowest BCUT2D eigenvalue weighted by Gasteiger charge is -2.31. The summed E-state index contributed by atoms with van der Waals surface area (Å²) in [5.41, 5.74) is 6.85. The van der Waals surface area contributed by atoms with E-state index in [0.29, 0.717) is 5.15 Å². The van der Waals surface area contributed by atoms with Crippen LogP contribution < -0.4 is 5.73 Å². The molecule has 0 amide bonds. The molecule has 1 aliphatic heterocycles. The van der Waals surface area contributed by atoms with Crippen molar-refractivity contribution >= 4 is 11.6 Å². The predicted octanol–water partition coefficient (Wildman–Crippen LogP) is 2.30. The fourth-order valence-corrected chi connectivity index (χ4v) is 2.66. The van der Waals surface area contributed by atoms with Crippen molar-refractivity contribution in [3.8, 4) is 0 Å². The molecule has 0 radical (unpaired) electrons. The molecule has 1 aliphatic rings. The maximum atomic E-state index is 5.88. The van der Waals surface area contributed by atoms with Crippen molar-refractivity contribution in [3.63, 3.8) is 0 Å². The van der Waals surface area contributed by atoms with Gasteiger partial charge in [0, 0.05) is 12.7 Å². The molecule has 0 aliphatic carbocycles. The lowest BCUT2D eigenvalue weighted by atomic mass is 9.93. The van der Waals surface area contributed by atoms with E-state index in [1.54, 1.807) is 6.20 Å². The topological polar surface area (TPSA) is 42.1 Å². The Morgan fingerprint density at radius 1 is 1.41 bits per heavy atom. The Bertz CT molecular complexity index is 348. The Morgan fingerprint density at radius 3 is 2.82 bits per heavy atom. The average molecular weight is 254 g/mol. The fraction of sp³-hybridized carbons (Fsp3) is 0.615. The van der Waals surface area contributed by atoms with Crippen LogP contribution in [0.15, 0.2) is 18.3 Å². The molecule has 17 heavy (non-hydrogen) atoms.